The second-order valence-corrected chi connectivity index (χ2v) is 6.71. The van der Waals surface area contributed by atoms with Gasteiger partial charge in [0, 0.05) is 30.2 Å². The summed E-state index contributed by atoms with van der Waals surface area (Å²) >= 11 is 0. The van der Waals surface area contributed by atoms with Gasteiger partial charge in [0.2, 0.25) is 0 Å². The van der Waals surface area contributed by atoms with E-state index in [1.807, 2.05) is 24.3 Å². The standard InChI is InChI=1S/C24H28N4O2.HI/c1-4-14-30-23-15-18(10-11-22(23)29-3)16-28-24(25-5-2)26-13-12-19-17-27-21-9-7-6-8-20(19)21;/h1,6-11,15,17,27H,5,12-14,16H2,2-3H3,(H2,25,26,28);1H. The van der Waals surface area contributed by atoms with E-state index in [0.717, 1.165) is 36.6 Å². The minimum absolute atomic E-state index is 0. The monoisotopic (exact) mass is 532 g/mol. The first-order valence-electron chi connectivity index (χ1n) is 10.1. The van der Waals surface area contributed by atoms with Crippen molar-refractivity contribution >= 4 is 40.8 Å². The molecule has 0 atom stereocenters. The van der Waals surface area contributed by atoms with Gasteiger partial charge in [0.05, 0.1) is 13.7 Å². The molecule has 0 fully saturated rings. The Kier molecular flexibility index (Phi) is 10.0. The predicted octanol–water partition coefficient (Wildman–Crippen LogP) is 4.10. The minimum Gasteiger partial charge on any atom is -0.493 e. The van der Waals surface area contributed by atoms with Crippen molar-refractivity contribution in [2.45, 2.75) is 19.9 Å². The first-order chi connectivity index (χ1) is 14.7. The van der Waals surface area contributed by atoms with Gasteiger partial charge in [-0.15, -0.1) is 30.4 Å². The van der Waals surface area contributed by atoms with E-state index in [1.54, 1.807) is 7.11 Å². The van der Waals surface area contributed by atoms with Gasteiger partial charge in [-0.1, -0.05) is 30.2 Å². The minimum atomic E-state index is 0. The average Bonchev–Trinajstić information content (AvgIpc) is 3.19. The molecule has 0 radical (unpaired) electrons. The van der Waals surface area contributed by atoms with E-state index in [9.17, 15) is 0 Å². The third kappa shape index (κ3) is 6.82. The van der Waals surface area contributed by atoms with Gasteiger partial charge in [0.25, 0.3) is 0 Å². The Hall–Kier alpha value is -2.86. The molecule has 0 aliphatic carbocycles. The van der Waals surface area contributed by atoms with Crippen LogP contribution in [0.3, 0.4) is 0 Å². The number of fused-ring (bicyclic) bond motifs is 1. The van der Waals surface area contributed by atoms with Crippen LogP contribution in [0, 0.1) is 12.3 Å². The van der Waals surface area contributed by atoms with Gasteiger partial charge in [-0.25, -0.2) is 4.99 Å². The summed E-state index contributed by atoms with van der Waals surface area (Å²) in [4.78, 5) is 8.01. The highest BCUT2D eigenvalue weighted by atomic mass is 127. The van der Waals surface area contributed by atoms with Crippen molar-refractivity contribution in [3.05, 3.63) is 59.8 Å². The van der Waals surface area contributed by atoms with Gasteiger partial charge in [-0.05, 0) is 42.7 Å². The second-order valence-electron chi connectivity index (χ2n) is 6.71. The maximum Gasteiger partial charge on any atom is 0.191 e. The number of rotatable bonds is 9. The van der Waals surface area contributed by atoms with Crippen LogP contribution in [0.1, 0.15) is 18.1 Å². The number of nitrogens with one attached hydrogen (secondary N) is 3. The summed E-state index contributed by atoms with van der Waals surface area (Å²) in [5.41, 5.74) is 3.46. The molecule has 0 saturated heterocycles. The Morgan fingerprint density at radius 1 is 1.16 bits per heavy atom. The van der Waals surface area contributed by atoms with Crippen LogP contribution < -0.4 is 20.1 Å². The Morgan fingerprint density at radius 3 is 2.77 bits per heavy atom. The molecule has 0 bridgehead atoms. The summed E-state index contributed by atoms with van der Waals surface area (Å²) in [5, 5.41) is 7.96. The maximum absolute atomic E-state index is 5.57. The number of hydrogen-bond donors (Lipinski definition) is 3. The molecule has 3 aromatic rings. The number of terminal acetylenes is 1. The number of para-hydroxylation sites is 1. The SMILES string of the molecule is C#CCOc1cc(CN=C(NCC)NCCc2c[nH]c3ccccc23)ccc1OC.I. The first-order valence-corrected chi connectivity index (χ1v) is 10.1. The molecule has 6 nitrogen and oxygen atoms in total. The van der Waals surface area contributed by atoms with E-state index in [4.69, 9.17) is 20.9 Å². The number of benzene rings is 2. The summed E-state index contributed by atoms with van der Waals surface area (Å²) in [6, 6.07) is 14.1. The molecule has 0 spiro atoms. The van der Waals surface area contributed by atoms with Gasteiger partial charge in [0.1, 0.15) is 6.61 Å². The van der Waals surface area contributed by atoms with E-state index in [0.29, 0.717) is 18.0 Å². The van der Waals surface area contributed by atoms with Crippen molar-refractivity contribution in [3.8, 4) is 23.8 Å². The van der Waals surface area contributed by atoms with Crippen LogP contribution in [0.15, 0.2) is 53.7 Å². The average molecular weight is 532 g/mol. The predicted molar refractivity (Wildman–Crippen MR) is 138 cm³/mol. The van der Waals surface area contributed by atoms with Crippen molar-refractivity contribution in [2.24, 2.45) is 4.99 Å². The summed E-state index contributed by atoms with van der Waals surface area (Å²) < 4.78 is 10.9. The molecule has 0 amide bonds. The molecular weight excluding hydrogens is 503 g/mol. The number of aromatic amines is 1. The lowest BCUT2D eigenvalue weighted by Crippen LogP contribution is -2.38. The molecule has 164 valence electrons. The Balaban J connectivity index is 0.00000341. The lowest BCUT2D eigenvalue weighted by atomic mass is 10.1. The van der Waals surface area contributed by atoms with Gasteiger partial charge >= 0.3 is 0 Å². The molecule has 2 aromatic carbocycles. The van der Waals surface area contributed by atoms with Crippen molar-refractivity contribution in [2.75, 3.05) is 26.8 Å². The molecule has 0 unspecified atom stereocenters. The molecule has 3 rings (SSSR count). The van der Waals surface area contributed by atoms with Gasteiger partial charge in [-0.3, -0.25) is 0 Å². The lowest BCUT2D eigenvalue weighted by molar-refractivity contribution is 0.330. The number of nitrogens with zero attached hydrogens (tertiary/aromatic N) is 1. The van der Waals surface area contributed by atoms with Crippen LogP contribution in [0.4, 0.5) is 0 Å². The van der Waals surface area contributed by atoms with Crippen LogP contribution in [-0.4, -0.2) is 37.7 Å². The van der Waals surface area contributed by atoms with Crippen molar-refractivity contribution in [1.82, 2.24) is 15.6 Å². The van der Waals surface area contributed by atoms with Crippen molar-refractivity contribution < 1.29 is 9.47 Å². The molecular formula is C24H29IN4O2. The number of methoxy groups -OCH3 is 1. The fourth-order valence-corrected chi connectivity index (χ4v) is 3.22. The third-order valence-corrected chi connectivity index (χ3v) is 4.66. The zero-order chi connectivity index (χ0) is 21.2. The Labute approximate surface area is 200 Å². The summed E-state index contributed by atoms with van der Waals surface area (Å²) in [6.45, 7) is 4.33. The summed E-state index contributed by atoms with van der Waals surface area (Å²) in [5.74, 6) is 4.53. The highest BCUT2D eigenvalue weighted by molar-refractivity contribution is 14.0. The molecule has 7 heteroatoms. The van der Waals surface area contributed by atoms with Gasteiger partial charge in [0.15, 0.2) is 17.5 Å². The molecule has 0 aliphatic rings. The number of guanidine groups is 1. The smallest absolute Gasteiger partial charge is 0.191 e. The fourth-order valence-electron chi connectivity index (χ4n) is 3.22. The maximum atomic E-state index is 5.57. The van der Waals surface area contributed by atoms with E-state index in [-0.39, 0.29) is 30.6 Å². The van der Waals surface area contributed by atoms with Crippen LogP contribution in [0.25, 0.3) is 10.9 Å². The molecule has 3 N–H and O–H groups in total. The van der Waals surface area contributed by atoms with E-state index < -0.39 is 0 Å². The quantitative estimate of drug-likeness (QED) is 0.168. The number of aliphatic imine (C=N–C) groups is 1. The zero-order valence-corrected chi connectivity index (χ0v) is 20.2. The topological polar surface area (TPSA) is 70.7 Å². The first kappa shape index (κ1) is 24.4. The fraction of sp³-hybridized carbons (Fsp3) is 0.292. The number of halogens is 1. The van der Waals surface area contributed by atoms with Crippen molar-refractivity contribution in [3.63, 3.8) is 0 Å². The lowest BCUT2D eigenvalue weighted by Gasteiger charge is -2.12. The van der Waals surface area contributed by atoms with E-state index >= 15 is 0 Å². The number of H-pyrrole nitrogens is 1. The Bertz CT molecular complexity index is 1040. The largest absolute Gasteiger partial charge is 0.493 e. The van der Waals surface area contributed by atoms with Crippen LogP contribution in [0.2, 0.25) is 0 Å². The number of aromatic nitrogens is 1. The molecule has 0 aliphatic heterocycles. The van der Waals surface area contributed by atoms with E-state index in [1.165, 1.54) is 10.9 Å². The second kappa shape index (κ2) is 12.7. The molecule has 1 heterocycles. The Morgan fingerprint density at radius 2 is 2.00 bits per heavy atom. The van der Waals surface area contributed by atoms with Crippen LogP contribution >= 0.6 is 24.0 Å². The normalized spacial score (nSPS) is 10.8. The molecule has 0 saturated carbocycles. The van der Waals surface area contributed by atoms with E-state index in [2.05, 4.69) is 52.9 Å². The third-order valence-electron chi connectivity index (χ3n) is 4.66. The van der Waals surface area contributed by atoms with Crippen molar-refractivity contribution in [1.29, 1.82) is 0 Å². The van der Waals surface area contributed by atoms with Crippen LogP contribution in [-0.2, 0) is 13.0 Å². The number of ether oxygens (including phenoxy) is 2. The number of hydrogen-bond acceptors (Lipinski definition) is 3. The highest BCUT2D eigenvalue weighted by Crippen LogP contribution is 2.28. The van der Waals surface area contributed by atoms with Crippen LogP contribution in [0.5, 0.6) is 11.5 Å². The molecule has 1 aromatic heterocycles. The van der Waals surface area contributed by atoms with Gasteiger partial charge in [-0.2, -0.15) is 0 Å². The molecule has 31 heavy (non-hydrogen) atoms. The van der Waals surface area contributed by atoms with Gasteiger partial charge < -0.3 is 25.1 Å². The summed E-state index contributed by atoms with van der Waals surface area (Å²) in [6.07, 6.45) is 8.27. The summed E-state index contributed by atoms with van der Waals surface area (Å²) in [7, 11) is 1.61. The zero-order valence-electron chi connectivity index (χ0n) is 17.9. The highest BCUT2D eigenvalue weighted by Gasteiger charge is 2.07.